The highest BCUT2D eigenvalue weighted by molar-refractivity contribution is 7.26. The molecule has 0 bridgehead atoms. The van der Waals surface area contributed by atoms with Crippen molar-refractivity contribution in [2.75, 3.05) is 0 Å². The minimum atomic E-state index is 0.707. The first-order chi connectivity index (χ1) is 30.2. The molecule has 0 radical (unpaired) electrons. The number of hydrogen-bond acceptors (Lipinski definition) is 3. The summed E-state index contributed by atoms with van der Waals surface area (Å²) in [4.78, 5) is 10.8. The Morgan fingerprint density at radius 3 is 1.10 bits per heavy atom. The average Bonchev–Trinajstić information content (AvgIpc) is 3.73. The molecular weight excluding hydrogens is 757 g/mol. The van der Waals surface area contributed by atoms with E-state index in [0.29, 0.717) is 5.82 Å². The summed E-state index contributed by atoms with van der Waals surface area (Å²) in [5, 5.41) is 1.14. The van der Waals surface area contributed by atoms with Gasteiger partial charge in [0.25, 0.3) is 0 Å². The quantitative estimate of drug-likeness (QED) is 0.153. The maximum absolute atomic E-state index is 5.48. The van der Waals surface area contributed by atoms with Crippen LogP contribution in [0.1, 0.15) is 0 Å². The van der Waals surface area contributed by atoms with E-state index in [4.69, 9.17) is 9.97 Å². The molecule has 11 rings (SSSR count). The van der Waals surface area contributed by atoms with Crippen molar-refractivity contribution in [2.24, 2.45) is 0 Å². The van der Waals surface area contributed by atoms with Crippen molar-refractivity contribution in [2.45, 2.75) is 0 Å². The molecule has 11 aromatic rings. The number of aromatic nitrogens is 2. The maximum atomic E-state index is 5.48. The van der Waals surface area contributed by atoms with Crippen LogP contribution in [0.2, 0.25) is 0 Å². The van der Waals surface area contributed by atoms with Crippen molar-refractivity contribution in [3.63, 3.8) is 0 Å². The predicted octanol–water partition coefficient (Wildman–Crippen LogP) is 16.2. The standard InChI is InChI=1S/C58H38N2S/c1-5-17-39(18-6-1)47-33-48(40-19-7-2-8-20-40)36-51(35-47)45-27-15-25-43(31-45)44-26-16-28-46(32-44)58-59-55(57-56(60-58)53-29-13-14-30-54(53)61-57)52-37-49(41-21-9-3-10-22-41)34-50(38-52)42-23-11-4-12-24-42/h1-38H. The number of fused-ring (bicyclic) bond motifs is 3. The number of nitrogens with zero attached hydrogens (tertiary/aromatic N) is 2. The van der Waals surface area contributed by atoms with Gasteiger partial charge in [-0.2, -0.15) is 0 Å². The molecule has 0 amide bonds. The van der Waals surface area contributed by atoms with E-state index >= 15 is 0 Å². The maximum Gasteiger partial charge on any atom is 0.160 e. The van der Waals surface area contributed by atoms with Crippen LogP contribution in [-0.2, 0) is 0 Å². The highest BCUT2D eigenvalue weighted by Gasteiger charge is 2.19. The van der Waals surface area contributed by atoms with Crippen molar-refractivity contribution in [1.82, 2.24) is 9.97 Å². The van der Waals surface area contributed by atoms with E-state index in [1.165, 1.54) is 43.6 Å². The lowest BCUT2D eigenvalue weighted by Crippen LogP contribution is -1.95. The average molecular weight is 795 g/mol. The third-order valence-corrected chi connectivity index (χ3v) is 12.6. The first-order valence-corrected chi connectivity index (χ1v) is 21.4. The van der Waals surface area contributed by atoms with E-state index in [1.807, 2.05) is 0 Å². The van der Waals surface area contributed by atoms with Crippen molar-refractivity contribution in [3.8, 4) is 89.4 Å². The second kappa shape index (κ2) is 15.8. The molecule has 0 saturated heterocycles. The summed E-state index contributed by atoms with van der Waals surface area (Å²) < 4.78 is 2.29. The van der Waals surface area contributed by atoms with Gasteiger partial charge in [-0.1, -0.05) is 176 Å². The zero-order valence-corrected chi connectivity index (χ0v) is 34.1. The molecule has 61 heavy (non-hydrogen) atoms. The minimum absolute atomic E-state index is 0.707. The fourth-order valence-electron chi connectivity index (χ4n) is 8.38. The molecule has 0 saturated carbocycles. The van der Waals surface area contributed by atoms with E-state index in [0.717, 1.165) is 60.2 Å². The molecule has 0 fully saturated rings. The first-order valence-electron chi connectivity index (χ1n) is 20.6. The molecule has 2 nitrogen and oxygen atoms in total. The molecule has 286 valence electrons. The SMILES string of the molecule is c1ccc(-c2cc(-c3ccccc3)cc(-c3cccc(-c4cccc(-c5nc(-c6cc(-c7ccccc7)cc(-c7ccccc7)c6)c6sc7ccccc7c6n5)c4)c3)c2)cc1. The van der Waals surface area contributed by atoms with Crippen molar-refractivity contribution in [3.05, 3.63) is 231 Å². The summed E-state index contributed by atoms with van der Waals surface area (Å²) >= 11 is 1.76. The summed E-state index contributed by atoms with van der Waals surface area (Å²) in [6.45, 7) is 0. The van der Waals surface area contributed by atoms with Crippen LogP contribution in [0.4, 0.5) is 0 Å². The van der Waals surface area contributed by atoms with Crippen molar-refractivity contribution >= 4 is 31.6 Å². The lowest BCUT2D eigenvalue weighted by Gasteiger charge is -2.13. The number of benzene rings is 9. The van der Waals surface area contributed by atoms with Gasteiger partial charge in [-0.05, 0) is 121 Å². The lowest BCUT2D eigenvalue weighted by molar-refractivity contribution is 1.24. The molecule has 0 aliphatic carbocycles. The van der Waals surface area contributed by atoms with Crippen molar-refractivity contribution < 1.29 is 0 Å². The summed E-state index contributed by atoms with van der Waals surface area (Å²) in [6, 6.07) is 82.5. The summed E-state index contributed by atoms with van der Waals surface area (Å²) in [7, 11) is 0. The number of thiophene rings is 1. The van der Waals surface area contributed by atoms with Crippen LogP contribution < -0.4 is 0 Å². The van der Waals surface area contributed by atoms with Gasteiger partial charge in [0.05, 0.1) is 15.9 Å². The highest BCUT2D eigenvalue weighted by atomic mass is 32.1. The largest absolute Gasteiger partial charge is 0.226 e. The second-order valence-corrected chi connectivity index (χ2v) is 16.4. The minimum Gasteiger partial charge on any atom is -0.226 e. The molecule has 2 heterocycles. The van der Waals surface area contributed by atoms with Gasteiger partial charge in [-0.15, -0.1) is 11.3 Å². The molecule has 0 spiro atoms. The van der Waals surface area contributed by atoms with Gasteiger partial charge in [0.1, 0.15) is 0 Å². The molecule has 0 unspecified atom stereocenters. The van der Waals surface area contributed by atoms with Crippen LogP contribution in [0.25, 0.3) is 110 Å². The molecule has 3 heteroatoms. The van der Waals surface area contributed by atoms with Gasteiger partial charge in [-0.25, -0.2) is 9.97 Å². The summed E-state index contributed by atoms with van der Waals surface area (Å²) in [5.74, 6) is 0.707. The van der Waals surface area contributed by atoms with E-state index in [1.54, 1.807) is 11.3 Å². The van der Waals surface area contributed by atoms with Gasteiger partial charge in [0.2, 0.25) is 0 Å². The molecule has 0 aliphatic heterocycles. The Hall–Kier alpha value is -7.72. The fraction of sp³-hybridized carbons (Fsp3) is 0. The van der Waals surface area contributed by atoms with Gasteiger partial charge < -0.3 is 0 Å². The van der Waals surface area contributed by atoms with E-state index in [-0.39, 0.29) is 0 Å². The lowest BCUT2D eigenvalue weighted by atomic mass is 9.92. The molecule has 9 aromatic carbocycles. The normalized spacial score (nSPS) is 11.3. The summed E-state index contributed by atoms with van der Waals surface area (Å²) in [6.07, 6.45) is 0. The zero-order valence-electron chi connectivity index (χ0n) is 33.2. The molecule has 0 atom stereocenters. The van der Waals surface area contributed by atoms with Gasteiger partial charge in [-0.3, -0.25) is 0 Å². The van der Waals surface area contributed by atoms with Crippen LogP contribution in [-0.4, -0.2) is 9.97 Å². The van der Waals surface area contributed by atoms with Gasteiger partial charge in [0, 0.05) is 21.2 Å². The monoisotopic (exact) mass is 794 g/mol. The zero-order chi connectivity index (χ0) is 40.5. The van der Waals surface area contributed by atoms with Crippen LogP contribution in [0, 0.1) is 0 Å². The van der Waals surface area contributed by atoms with Crippen LogP contribution >= 0.6 is 11.3 Å². The Kier molecular flexibility index (Phi) is 9.42. The first kappa shape index (κ1) is 36.4. The van der Waals surface area contributed by atoms with Gasteiger partial charge in [0.15, 0.2) is 5.82 Å². The summed E-state index contributed by atoms with van der Waals surface area (Å²) in [5.41, 5.74) is 18.0. The molecule has 0 N–H and O–H groups in total. The third kappa shape index (κ3) is 7.22. The Bertz CT molecular complexity index is 3220. The number of rotatable bonds is 8. The third-order valence-electron chi connectivity index (χ3n) is 11.4. The Morgan fingerprint density at radius 1 is 0.262 bits per heavy atom. The van der Waals surface area contributed by atoms with Crippen LogP contribution in [0.5, 0.6) is 0 Å². The molecular formula is C58H38N2S. The topological polar surface area (TPSA) is 25.8 Å². The van der Waals surface area contributed by atoms with Gasteiger partial charge >= 0.3 is 0 Å². The highest BCUT2D eigenvalue weighted by Crippen LogP contribution is 2.42. The van der Waals surface area contributed by atoms with Crippen LogP contribution in [0.3, 0.4) is 0 Å². The van der Waals surface area contributed by atoms with Crippen LogP contribution in [0.15, 0.2) is 231 Å². The Morgan fingerprint density at radius 2 is 0.607 bits per heavy atom. The molecule has 2 aromatic heterocycles. The second-order valence-electron chi connectivity index (χ2n) is 15.4. The van der Waals surface area contributed by atoms with E-state index in [2.05, 4.69) is 231 Å². The smallest absolute Gasteiger partial charge is 0.160 e. The Balaban J connectivity index is 1.05. The van der Waals surface area contributed by atoms with E-state index in [9.17, 15) is 0 Å². The predicted molar refractivity (Wildman–Crippen MR) is 258 cm³/mol. The Labute approximate surface area is 359 Å². The van der Waals surface area contributed by atoms with Crippen molar-refractivity contribution in [1.29, 1.82) is 0 Å². The fourth-order valence-corrected chi connectivity index (χ4v) is 9.53. The van der Waals surface area contributed by atoms with E-state index < -0.39 is 0 Å². The molecule has 0 aliphatic rings. The number of hydrogen-bond donors (Lipinski definition) is 0.